The van der Waals surface area contributed by atoms with E-state index in [-0.39, 0.29) is 12.6 Å². The van der Waals surface area contributed by atoms with Crippen LogP contribution in [0.3, 0.4) is 0 Å². The molecule has 1 unspecified atom stereocenters. The molecular formula is C14H16N2O. The van der Waals surface area contributed by atoms with Crippen LogP contribution in [0.4, 0.5) is 5.82 Å². The molecule has 0 saturated carbocycles. The van der Waals surface area contributed by atoms with E-state index in [0.717, 1.165) is 36.1 Å². The summed E-state index contributed by atoms with van der Waals surface area (Å²) in [6.45, 7) is 1.21. The SMILES string of the molecule is OCC1CCCN1c1ccc2ccccc2n1. The molecule has 3 rings (SSSR count). The van der Waals surface area contributed by atoms with Crippen LogP contribution in [-0.2, 0) is 0 Å². The van der Waals surface area contributed by atoms with Gasteiger partial charge in [0.1, 0.15) is 5.82 Å². The van der Waals surface area contributed by atoms with E-state index in [0.29, 0.717) is 0 Å². The van der Waals surface area contributed by atoms with Crippen LogP contribution in [0, 0.1) is 0 Å². The number of para-hydroxylation sites is 1. The van der Waals surface area contributed by atoms with Gasteiger partial charge in [-0.15, -0.1) is 0 Å². The monoisotopic (exact) mass is 228 g/mol. The number of aliphatic hydroxyl groups excluding tert-OH is 1. The van der Waals surface area contributed by atoms with E-state index in [4.69, 9.17) is 0 Å². The molecule has 3 nitrogen and oxygen atoms in total. The van der Waals surface area contributed by atoms with Crippen molar-refractivity contribution in [2.24, 2.45) is 0 Å². The van der Waals surface area contributed by atoms with Crippen LogP contribution in [0.5, 0.6) is 0 Å². The standard InChI is InChI=1S/C14H16N2O/c17-10-12-5-3-9-16(12)14-8-7-11-4-1-2-6-13(11)15-14/h1-2,4,6-8,12,17H,3,5,9-10H2. The minimum absolute atomic E-state index is 0.217. The molecule has 0 amide bonds. The summed E-state index contributed by atoms with van der Waals surface area (Å²) in [5, 5.41) is 10.5. The van der Waals surface area contributed by atoms with E-state index in [9.17, 15) is 5.11 Å². The number of benzene rings is 1. The first kappa shape index (κ1) is 10.5. The number of aliphatic hydroxyl groups is 1. The first-order chi connectivity index (χ1) is 8.38. The summed E-state index contributed by atoms with van der Waals surface area (Å²) in [6, 6.07) is 12.5. The number of nitrogens with zero attached hydrogens (tertiary/aromatic N) is 2. The lowest BCUT2D eigenvalue weighted by Gasteiger charge is -2.24. The smallest absolute Gasteiger partial charge is 0.129 e. The topological polar surface area (TPSA) is 36.4 Å². The molecule has 3 heteroatoms. The van der Waals surface area contributed by atoms with Gasteiger partial charge < -0.3 is 10.0 Å². The molecule has 1 fully saturated rings. The van der Waals surface area contributed by atoms with E-state index in [2.05, 4.69) is 28.1 Å². The van der Waals surface area contributed by atoms with Crippen molar-refractivity contribution in [3.8, 4) is 0 Å². The minimum atomic E-state index is 0.217. The van der Waals surface area contributed by atoms with Crippen molar-refractivity contribution in [3.05, 3.63) is 36.4 Å². The maximum atomic E-state index is 9.34. The van der Waals surface area contributed by atoms with Gasteiger partial charge in [0, 0.05) is 11.9 Å². The molecule has 1 aliphatic heterocycles. The maximum absolute atomic E-state index is 9.34. The molecule has 0 aliphatic carbocycles. The normalized spacial score (nSPS) is 20.1. The number of hydrogen-bond acceptors (Lipinski definition) is 3. The Bertz CT molecular complexity index is 526. The summed E-state index contributed by atoms with van der Waals surface area (Å²) < 4.78 is 0. The molecule has 2 aromatic rings. The zero-order valence-electron chi connectivity index (χ0n) is 9.71. The molecule has 17 heavy (non-hydrogen) atoms. The Morgan fingerprint density at radius 3 is 3.00 bits per heavy atom. The van der Waals surface area contributed by atoms with Crippen LogP contribution in [0.2, 0.25) is 0 Å². The number of hydrogen-bond donors (Lipinski definition) is 1. The Morgan fingerprint density at radius 2 is 2.12 bits per heavy atom. The van der Waals surface area contributed by atoms with E-state index in [1.165, 1.54) is 0 Å². The summed E-state index contributed by atoms with van der Waals surface area (Å²) in [7, 11) is 0. The van der Waals surface area contributed by atoms with Gasteiger partial charge >= 0.3 is 0 Å². The van der Waals surface area contributed by atoms with Crippen LogP contribution >= 0.6 is 0 Å². The number of fused-ring (bicyclic) bond motifs is 1. The lowest BCUT2D eigenvalue weighted by atomic mass is 10.2. The van der Waals surface area contributed by atoms with Gasteiger partial charge in [0.15, 0.2) is 0 Å². The first-order valence-corrected chi connectivity index (χ1v) is 6.12. The fourth-order valence-electron chi connectivity index (χ4n) is 2.54. The fourth-order valence-corrected chi connectivity index (χ4v) is 2.54. The highest BCUT2D eigenvalue weighted by Crippen LogP contribution is 2.25. The number of pyridine rings is 1. The number of aromatic nitrogens is 1. The molecule has 1 aromatic heterocycles. The third kappa shape index (κ3) is 1.87. The predicted octanol–water partition coefficient (Wildman–Crippen LogP) is 2.20. The highest BCUT2D eigenvalue weighted by molar-refractivity contribution is 5.80. The quantitative estimate of drug-likeness (QED) is 0.856. The lowest BCUT2D eigenvalue weighted by Crippen LogP contribution is -2.32. The van der Waals surface area contributed by atoms with Crippen molar-refractivity contribution in [3.63, 3.8) is 0 Å². The third-order valence-electron chi connectivity index (χ3n) is 3.47. The number of anilines is 1. The molecule has 1 atom stereocenters. The van der Waals surface area contributed by atoms with Gasteiger partial charge in [-0.25, -0.2) is 4.98 Å². The van der Waals surface area contributed by atoms with Crippen molar-refractivity contribution < 1.29 is 5.11 Å². The van der Waals surface area contributed by atoms with Gasteiger partial charge in [-0.3, -0.25) is 0 Å². The largest absolute Gasteiger partial charge is 0.394 e. The predicted molar refractivity (Wildman–Crippen MR) is 69.2 cm³/mol. The Kier molecular flexibility index (Phi) is 2.69. The Labute approximate surface area is 101 Å². The zero-order chi connectivity index (χ0) is 11.7. The van der Waals surface area contributed by atoms with E-state index in [1.807, 2.05) is 18.2 Å². The van der Waals surface area contributed by atoms with E-state index >= 15 is 0 Å². The Balaban J connectivity index is 2.00. The second kappa shape index (κ2) is 4.34. The van der Waals surface area contributed by atoms with Crippen LogP contribution in [0.1, 0.15) is 12.8 Å². The zero-order valence-corrected chi connectivity index (χ0v) is 9.71. The molecule has 0 spiro atoms. The number of rotatable bonds is 2. The van der Waals surface area contributed by atoms with Gasteiger partial charge in [0.05, 0.1) is 18.2 Å². The molecule has 1 aromatic carbocycles. The van der Waals surface area contributed by atoms with Crippen LogP contribution in [-0.4, -0.2) is 29.3 Å². The second-order valence-corrected chi connectivity index (χ2v) is 4.53. The molecule has 1 aliphatic rings. The highest BCUT2D eigenvalue weighted by Gasteiger charge is 2.24. The van der Waals surface area contributed by atoms with Crippen LogP contribution < -0.4 is 4.90 Å². The summed E-state index contributed by atoms with van der Waals surface area (Å²) in [5.41, 5.74) is 1.02. The summed E-state index contributed by atoms with van der Waals surface area (Å²) in [6.07, 6.45) is 2.20. The average molecular weight is 228 g/mol. The van der Waals surface area contributed by atoms with Crippen molar-refractivity contribution >= 4 is 16.7 Å². The van der Waals surface area contributed by atoms with Gasteiger partial charge in [-0.1, -0.05) is 18.2 Å². The fraction of sp³-hybridized carbons (Fsp3) is 0.357. The molecule has 2 heterocycles. The molecule has 0 radical (unpaired) electrons. The summed E-state index contributed by atoms with van der Waals surface area (Å²) in [5.74, 6) is 0.986. The van der Waals surface area contributed by atoms with Gasteiger partial charge in [0.2, 0.25) is 0 Å². The van der Waals surface area contributed by atoms with Crippen molar-refractivity contribution in [1.82, 2.24) is 4.98 Å². The Hall–Kier alpha value is -1.61. The second-order valence-electron chi connectivity index (χ2n) is 4.53. The third-order valence-corrected chi connectivity index (χ3v) is 3.47. The van der Waals surface area contributed by atoms with E-state index < -0.39 is 0 Å². The van der Waals surface area contributed by atoms with Crippen LogP contribution in [0.25, 0.3) is 10.9 Å². The Morgan fingerprint density at radius 1 is 1.24 bits per heavy atom. The van der Waals surface area contributed by atoms with Crippen molar-refractivity contribution in [2.45, 2.75) is 18.9 Å². The summed E-state index contributed by atoms with van der Waals surface area (Å²) in [4.78, 5) is 6.88. The van der Waals surface area contributed by atoms with Gasteiger partial charge in [-0.05, 0) is 31.0 Å². The maximum Gasteiger partial charge on any atom is 0.129 e. The molecule has 0 bridgehead atoms. The lowest BCUT2D eigenvalue weighted by molar-refractivity contribution is 0.266. The van der Waals surface area contributed by atoms with Crippen molar-refractivity contribution in [2.75, 3.05) is 18.1 Å². The first-order valence-electron chi connectivity index (χ1n) is 6.12. The summed E-state index contributed by atoms with van der Waals surface area (Å²) >= 11 is 0. The van der Waals surface area contributed by atoms with Gasteiger partial charge in [-0.2, -0.15) is 0 Å². The molecule has 1 saturated heterocycles. The molecular weight excluding hydrogens is 212 g/mol. The highest BCUT2D eigenvalue weighted by atomic mass is 16.3. The van der Waals surface area contributed by atoms with Crippen LogP contribution in [0.15, 0.2) is 36.4 Å². The van der Waals surface area contributed by atoms with Crippen molar-refractivity contribution in [1.29, 1.82) is 0 Å². The molecule has 1 N–H and O–H groups in total. The molecule has 88 valence electrons. The average Bonchev–Trinajstić information content (AvgIpc) is 2.86. The van der Waals surface area contributed by atoms with Gasteiger partial charge in [0.25, 0.3) is 0 Å². The van der Waals surface area contributed by atoms with E-state index in [1.54, 1.807) is 0 Å². The minimum Gasteiger partial charge on any atom is -0.394 e.